The molecule has 0 aliphatic carbocycles. The molecule has 2 aromatic carbocycles. The number of aryl methyl sites for hydroxylation is 2. The molecular weight excluding hydrogens is 360 g/mol. The van der Waals surface area contributed by atoms with Crippen molar-refractivity contribution in [3.8, 4) is 0 Å². The maximum absolute atomic E-state index is 13.1. The molecule has 0 fully saturated rings. The van der Waals surface area contributed by atoms with Gasteiger partial charge >= 0.3 is 0 Å². The number of nitrogens with one attached hydrogen (secondary N) is 1. The van der Waals surface area contributed by atoms with E-state index in [4.69, 9.17) is 11.6 Å². The highest BCUT2D eigenvalue weighted by molar-refractivity contribution is 6.30. The molecule has 0 bridgehead atoms. The fraction of sp³-hybridized carbons (Fsp3) is 0.364. The van der Waals surface area contributed by atoms with Crippen LogP contribution in [0.4, 0.5) is 0 Å². The SMILES string of the molecule is CCNC(=O)C(C)N(Cc1cccc(Cl)c1)C(=O)Cc1cc(C)ccc1C. The van der Waals surface area contributed by atoms with Crippen LogP contribution in [0.25, 0.3) is 0 Å². The first kappa shape index (κ1) is 21.0. The largest absolute Gasteiger partial charge is 0.355 e. The summed E-state index contributed by atoms with van der Waals surface area (Å²) in [5, 5.41) is 3.41. The van der Waals surface area contributed by atoms with Gasteiger partial charge in [-0.2, -0.15) is 0 Å². The molecule has 0 saturated carbocycles. The Balaban J connectivity index is 2.28. The zero-order valence-electron chi connectivity index (χ0n) is 16.4. The third-order valence-corrected chi connectivity index (χ3v) is 4.84. The Bertz CT molecular complexity index is 820. The minimum Gasteiger partial charge on any atom is -0.355 e. The summed E-state index contributed by atoms with van der Waals surface area (Å²) in [6.45, 7) is 8.49. The fourth-order valence-corrected chi connectivity index (χ4v) is 3.20. The first-order valence-electron chi connectivity index (χ1n) is 9.19. The van der Waals surface area contributed by atoms with Gasteiger partial charge in [0.05, 0.1) is 6.42 Å². The number of carbonyl (C=O) groups excluding carboxylic acids is 2. The molecule has 2 amide bonds. The van der Waals surface area contributed by atoms with E-state index in [1.165, 1.54) is 0 Å². The Kier molecular flexibility index (Phi) is 7.43. The van der Waals surface area contributed by atoms with Crippen molar-refractivity contribution in [2.24, 2.45) is 0 Å². The van der Waals surface area contributed by atoms with Crippen LogP contribution in [0.2, 0.25) is 5.02 Å². The number of halogens is 1. The highest BCUT2D eigenvalue weighted by atomic mass is 35.5. The van der Waals surface area contributed by atoms with Crippen LogP contribution in [-0.2, 0) is 22.6 Å². The molecule has 0 radical (unpaired) electrons. The van der Waals surface area contributed by atoms with Crippen LogP contribution in [0.15, 0.2) is 42.5 Å². The summed E-state index contributed by atoms with van der Waals surface area (Å²) < 4.78 is 0. The van der Waals surface area contributed by atoms with Gasteiger partial charge in [0.15, 0.2) is 0 Å². The Morgan fingerprint density at radius 1 is 1.15 bits per heavy atom. The minimum atomic E-state index is -0.568. The summed E-state index contributed by atoms with van der Waals surface area (Å²) in [4.78, 5) is 27.1. The van der Waals surface area contributed by atoms with Gasteiger partial charge in [0.1, 0.15) is 6.04 Å². The lowest BCUT2D eigenvalue weighted by atomic mass is 10.0. The first-order valence-corrected chi connectivity index (χ1v) is 9.57. The number of nitrogens with zero attached hydrogens (tertiary/aromatic N) is 1. The standard InChI is InChI=1S/C22H27ClN2O2/c1-5-24-22(27)17(4)25(14-18-7-6-8-20(23)12-18)21(26)13-19-11-15(2)9-10-16(19)3/h6-12,17H,5,13-14H2,1-4H3,(H,24,27). The molecule has 5 heteroatoms. The first-order chi connectivity index (χ1) is 12.8. The van der Waals surface area contributed by atoms with Crippen LogP contribution >= 0.6 is 11.6 Å². The second-order valence-corrected chi connectivity index (χ2v) is 7.27. The smallest absolute Gasteiger partial charge is 0.242 e. The molecule has 0 saturated heterocycles. The van der Waals surface area contributed by atoms with Crippen LogP contribution in [-0.4, -0.2) is 29.3 Å². The van der Waals surface area contributed by atoms with Crippen molar-refractivity contribution in [3.63, 3.8) is 0 Å². The second-order valence-electron chi connectivity index (χ2n) is 6.83. The summed E-state index contributed by atoms with van der Waals surface area (Å²) in [7, 11) is 0. The molecule has 2 rings (SSSR count). The van der Waals surface area contributed by atoms with Gasteiger partial charge in [-0.15, -0.1) is 0 Å². The lowest BCUT2D eigenvalue weighted by Crippen LogP contribution is -2.48. The molecule has 27 heavy (non-hydrogen) atoms. The van der Waals surface area contributed by atoms with E-state index >= 15 is 0 Å². The van der Waals surface area contributed by atoms with Crippen LogP contribution in [0.3, 0.4) is 0 Å². The lowest BCUT2D eigenvalue weighted by molar-refractivity contribution is -0.140. The molecular formula is C22H27ClN2O2. The van der Waals surface area contributed by atoms with Crippen LogP contribution < -0.4 is 5.32 Å². The van der Waals surface area contributed by atoms with E-state index in [-0.39, 0.29) is 18.2 Å². The molecule has 2 aromatic rings. The number of hydrogen-bond acceptors (Lipinski definition) is 2. The third-order valence-electron chi connectivity index (χ3n) is 4.61. The van der Waals surface area contributed by atoms with Gasteiger partial charge in [-0.25, -0.2) is 0 Å². The van der Waals surface area contributed by atoms with Crippen LogP contribution in [0, 0.1) is 13.8 Å². The van der Waals surface area contributed by atoms with Gasteiger partial charge in [-0.3, -0.25) is 9.59 Å². The van der Waals surface area contributed by atoms with Crippen molar-refractivity contribution >= 4 is 23.4 Å². The maximum Gasteiger partial charge on any atom is 0.242 e. The Hall–Kier alpha value is -2.33. The van der Waals surface area contributed by atoms with Gasteiger partial charge in [0.25, 0.3) is 0 Å². The molecule has 0 spiro atoms. The molecule has 1 atom stereocenters. The topological polar surface area (TPSA) is 49.4 Å². The Morgan fingerprint density at radius 3 is 2.56 bits per heavy atom. The number of hydrogen-bond donors (Lipinski definition) is 1. The van der Waals surface area contributed by atoms with Gasteiger partial charge in [-0.05, 0) is 56.5 Å². The normalized spacial score (nSPS) is 11.7. The van der Waals surface area contributed by atoms with E-state index < -0.39 is 6.04 Å². The average Bonchev–Trinajstić information content (AvgIpc) is 2.62. The zero-order valence-corrected chi connectivity index (χ0v) is 17.1. The van der Waals surface area contributed by atoms with E-state index in [1.807, 2.05) is 57.2 Å². The van der Waals surface area contributed by atoms with Crippen molar-refractivity contribution in [2.45, 2.75) is 46.7 Å². The summed E-state index contributed by atoms with van der Waals surface area (Å²) >= 11 is 6.08. The molecule has 0 heterocycles. The molecule has 4 nitrogen and oxygen atoms in total. The molecule has 0 aromatic heterocycles. The number of likely N-dealkylation sites (N-methyl/N-ethyl adjacent to an activating group) is 1. The van der Waals surface area contributed by atoms with Crippen molar-refractivity contribution in [2.75, 3.05) is 6.54 Å². The molecule has 0 aliphatic rings. The van der Waals surface area contributed by atoms with E-state index in [9.17, 15) is 9.59 Å². The lowest BCUT2D eigenvalue weighted by Gasteiger charge is -2.29. The van der Waals surface area contributed by atoms with Crippen molar-refractivity contribution in [3.05, 3.63) is 69.7 Å². The number of amides is 2. The van der Waals surface area contributed by atoms with Crippen LogP contribution in [0.5, 0.6) is 0 Å². The average molecular weight is 387 g/mol. The van der Waals surface area contributed by atoms with Crippen LogP contribution in [0.1, 0.15) is 36.1 Å². The number of rotatable bonds is 7. The van der Waals surface area contributed by atoms with Gasteiger partial charge in [-0.1, -0.05) is 47.5 Å². The fourth-order valence-electron chi connectivity index (χ4n) is 2.99. The van der Waals surface area contributed by atoms with Gasteiger partial charge < -0.3 is 10.2 Å². The second kappa shape index (κ2) is 9.56. The highest BCUT2D eigenvalue weighted by Gasteiger charge is 2.26. The maximum atomic E-state index is 13.1. The minimum absolute atomic E-state index is 0.0811. The Morgan fingerprint density at radius 2 is 1.89 bits per heavy atom. The summed E-state index contributed by atoms with van der Waals surface area (Å²) in [5.41, 5.74) is 4.07. The Labute approximate surface area is 166 Å². The van der Waals surface area contributed by atoms with E-state index in [0.717, 1.165) is 22.3 Å². The quantitative estimate of drug-likeness (QED) is 0.780. The molecule has 1 N–H and O–H groups in total. The van der Waals surface area contributed by atoms with E-state index in [1.54, 1.807) is 17.9 Å². The molecule has 0 aliphatic heterocycles. The highest BCUT2D eigenvalue weighted by Crippen LogP contribution is 2.18. The zero-order chi connectivity index (χ0) is 20.0. The monoisotopic (exact) mass is 386 g/mol. The summed E-state index contributed by atoms with van der Waals surface area (Å²) in [6, 6.07) is 12.9. The van der Waals surface area contributed by atoms with Gasteiger partial charge in [0, 0.05) is 18.1 Å². The summed E-state index contributed by atoms with van der Waals surface area (Å²) in [6.07, 6.45) is 0.262. The van der Waals surface area contributed by atoms with Crippen molar-refractivity contribution < 1.29 is 9.59 Å². The van der Waals surface area contributed by atoms with E-state index in [2.05, 4.69) is 5.32 Å². The molecule has 144 valence electrons. The van der Waals surface area contributed by atoms with E-state index in [0.29, 0.717) is 18.1 Å². The van der Waals surface area contributed by atoms with Crippen molar-refractivity contribution in [1.82, 2.24) is 10.2 Å². The third kappa shape index (κ3) is 5.83. The predicted octanol–water partition coefficient (Wildman–Crippen LogP) is 4.05. The van der Waals surface area contributed by atoms with Crippen molar-refractivity contribution in [1.29, 1.82) is 0 Å². The number of benzene rings is 2. The number of carbonyl (C=O) groups is 2. The summed E-state index contributed by atoms with van der Waals surface area (Å²) in [5.74, 6) is -0.240. The molecule has 1 unspecified atom stereocenters. The van der Waals surface area contributed by atoms with Gasteiger partial charge in [0.2, 0.25) is 11.8 Å². The predicted molar refractivity (Wildman–Crippen MR) is 110 cm³/mol.